The molecule has 22 heteroatoms. The number of aliphatic carboxylic acids is 2. The van der Waals surface area contributed by atoms with E-state index in [1.54, 1.807) is 69.2 Å². The van der Waals surface area contributed by atoms with Crippen molar-refractivity contribution in [2.75, 3.05) is 66.1 Å². The van der Waals surface area contributed by atoms with Crippen LogP contribution in [0.2, 0.25) is 0 Å². The van der Waals surface area contributed by atoms with Gasteiger partial charge in [-0.25, -0.2) is 9.59 Å². The number of hydrogen-bond acceptors (Lipinski definition) is 18. The van der Waals surface area contributed by atoms with Gasteiger partial charge in [0.2, 0.25) is 0 Å². The Morgan fingerprint density at radius 3 is 0.912 bits per heavy atom. The summed E-state index contributed by atoms with van der Waals surface area (Å²) in [7, 11) is -7.84. The number of carboxylic acids is 2. The van der Waals surface area contributed by atoms with E-state index in [0.29, 0.717) is 0 Å². The van der Waals surface area contributed by atoms with Crippen molar-refractivity contribution >= 4 is 39.1 Å². The molecule has 0 bridgehead atoms. The lowest BCUT2D eigenvalue weighted by atomic mass is 9.87. The fraction of sp³-hybridized carbons (Fsp3) is 0.913. The van der Waals surface area contributed by atoms with Crippen LogP contribution in [0.5, 0.6) is 0 Å². The summed E-state index contributed by atoms with van der Waals surface area (Å²) in [5.41, 5.74) is -6.23. The van der Waals surface area contributed by atoms with Crippen molar-refractivity contribution in [2.24, 2.45) is 21.7 Å². The van der Waals surface area contributed by atoms with Crippen molar-refractivity contribution in [2.45, 2.75) is 186 Å². The van der Waals surface area contributed by atoms with Gasteiger partial charge in [0.25, 0.3) is 0 Å². The van der Waals surface area contributed by atoms with Crippen molar-refractivity contribution in [1.82, 2.24) is 10.1 Å². The van der Waals surface area contributed by atoms with Crippen LogP contribution in [-0.4, -0.2) is 145 Å². The Balaban J connectivity index is 5.94. The molecule has 0 aromatic carbocycles. The molecule has 0 aromatic heterocycles. The number of rotatable bonds is 33. The molecule has 0 heterocycles. The molecule has 20 nitrogen and oxygen atoms in total. The van der Waals surface area contributed by atoms with Crippen LogP contribution in [0.4, 0.5) is 0 Å². The second-order valence-corrected chi connectivity index (χ2v) is 25.9. The second kappa shape index (κ2) is 27.7. The molecule has 0 fully saturated rings. The zero-order valence-corrected chi connectivity index (χ0v) is 46.8. The Bertz CT molecular complexity index is 1520. The third-order valence-electron chi connectivity index (χ3n) is 10.0. The quantitative estimate of drug-likeness (QED) is 0.0269. The first-order valence-electron chi connectivity index (χ1n) is 23.5. The van der Waals surface area contributed by atoms with E-state index in [-0.39, 0.29) is 78.9 Å². The highest BCUT2D eigenvalue weighted by Gasteiger charge is 2.54. The minimum Gasteiger partial charge on any atom is -0.481 e. The van der Waals surface area contributed by atoms with Gasteiger partial charge < -0.3 is 47.3 Å². The third-order valence-corrected chi connectivity index (χ3v) is 15.7. The average molecular weight is 1020 g/mol. The normalized spacial score (nSPS) is 15.6. The molecule has 4 unspecified atom stereocenters. The molecular formula is C46H90N2O18P2. The van der Waals surface area contributed by atoms with Gasteiger partial charge in [-0.1, -0.05) is 41.5 Å². The largest absolute Gasteiger partial charge is 0.481 e. The highest BCUT2D eigenvalue weighted by molar-refractivity contribution is 7.55. The van der Waals surface area contributed by atoms with E-state index in [1.165, 1.54) is 37.8 Å². The van der Waals surface area contributed by atoms with Crippen LogP contribution in [-0.2, 0) is 75.0 Å². The van der Waals surface area contributed by atoms with Crippen LogP contribution in [0.15, 0.2) is 0 Å². The van der Waals surface area contributed by atoms with Crippen molar-refractivity contribution in [3.63, 3.8) is 0 Å². The summed E-state index contributed by atoms with van der Waals surface area (Å²) in [5, 5.41) is 22.8. The molecule has 0 saturated carbocycles. The molecule has 68 heavy (non-hydrogen) atoms. The predicted molar refractivity (Wildman–Crippen MR) is 257 cm³/mol. The van der Waals surface area contributed by atoms with E-state index >= 15 is 0 Å². The van der Waals surface area contributed by atoms with Crippen molar-refractivity contribution in [1.29, 1.82) is 0 Å². The highest BCUT2D eigenvalue weighted by Crippen LogP contribution is 2.62. The van der Waals surface area contributed by atoms with E-state index in [1.807, 2.05) is 41.5 Å². The summed E-state index contributed by atoms with van der Waals surface area (Å²) in [5.74, 6) is -6.11. The molecule has 0 aliphatic heterocycles. The van der Waals surface area contributed by atoms with Gasteiger partial charge in [-0.15, -0.1) is 0 Å². The smallest absolute Gasteiger partial charge is 0.350 e. The van der Waals surface area contributed by atoms with Gasteiger partial charge in [0.15, 0.2) is 12.2 Å². The van der Waals surface area contributed by atoms with Gasteiger partial charge in [0.1, 0.15) is 24.8 Å². The Labute approximate surface area is 407 Å². The van der Waals surface area contributed by atoms with E-state index < -0.39 is 95.6 Å². The first-order valence-corrected chi connectivity index (χ1v) is 26.7. The zero-order chi connectivity index (χ0) is 53.3. The van der Waals surface area contributed by atoms with Gasteiger partial charge >= 0.3 is 39.1 Å². The maximum atomic E-state index is 14.4. The Kier molecular flexibility index (Phi) is 26.8. The van der Waals surface area contributed by atoms with Crippen molar-refractivity contribution in [3.8, 4) is 0 Å². The molecule has 4 atom stereocenters. The lowest BCUT2D eigenvalue weighted by Crippen LogP contribution is -2.56. The van der Waals surface area contributed by atoms with Crippen LogP contribution < -0.4 is 0 Å². The lowest BCUT2D eigenvalue weighted by molar-refractivity contribution is -0.271. The third kappa shape index (κ3) is 21.3. The molecule has 402 valence electrons. The fourth-order valence-corrected chi connectivity index (χ4v) is 12.1. The summed E-state index contributed by atoms with van der Waals surface area (Å²) in [4.78, 5) is 64.6. The molecule has 0 rings (SSSR count). The van der Waals surface area contributed by atoms with Gasteiger partial charge in [0.05, 0.1) is 63.7 Å². The van der Waals surface area contributed by atoms with Gasteiger partial charge in [-0.3, -0.25) is 28.4 Å². The van der Waals surface area contributed by atoms with E-state index in [0.717, 1.165) is 0 Å². The second-order valence-electron chi connectivity index (χ2n) is 21.8. The molecule has 0 amide bonds. The minimum atomic E-state index is -3.92. The first kappa shape index (κ1) is 65.9. The van der Waals surface area contributed by atoms with Crippen LogP contribution in [0, 0.1) is 21.7 Å². The number of esters is 2. The van der Waals surface area contributed by atoms with E-state index in [4.69, 9.17) is 46.7 Å². The Morgan fingerprint density at radius 1 is 0.456 bits per heavy atom. The molecule has 0 aromatic rings. The topological polar surface area (TPSA) is 242 Å². The van der Waals surface area contributed by atoms with Crippen LogP contribution >= 0.6 is 15.2 Å². The minimum absolute atomic E-state index is 0.0552. The lowest BCUT2D eigenvalue weighted by Gasteiger charge is -2.48. The van der Waals surface area contributed by atoms with Crippen LogP contribution in [0.1, 0.15) is 151 Å². The number of hydroxylamine groups is 4. The van der Waals surface area contributed by atoms with Crippen LogP contribution in [0.25, 0.3) is 0 Å². The predicted octanol–water partition coefficient (Wildman–Crippen LogP) is 9.19. The van der Waals surface area contributed by atoms with Crippen LogP contribution in [0.3, 0.4) is 0 Å². The standard InChI is InChI=1S/C46H90N2O18P2/c1-21-61-67(55,62-22-2)37(41(5,6)7)47(43(11,12)13)65-33(31-45(17,18)39(51)52)35(49)59-29-27-57-25-26-58-28-30-60-36(50)34(32-46(19,20)40(53)54)66-48(44(14,15)16)38(42(8,9)10)68(56,63-23-3)64-24-4/h33-34,37-38H,21-32H2,1-20H3,(H,51,52)(H,53,54). The number of carbonyl (C=O) groups excluding carboxylic acids is 2. The van der Waals surface area contributed by atoms with Gasteiger partial charge in [-0.2, -0.15) is 10.1 Å². The highest BCUT2D eigenvalue weighted by atomic mass is 31.2. The Hall–Kier alpha value is -2.06. The van der Waals surface area contributed by atoms with E-state index in [2.05, 4.69) is 0 Å². The summed E-state index contributed by atoms with van der Waals surface area (Å²) in [6.07, 6.45) is -3.48. The number of ether oxygens (including phenoxy) is 4. The summed E-state index contributed by atoms with van der Waals surface area (Å²) >= 11 is 0. The first-order chi connectivity index (χ1) is 30.8. The van der Waals surface area contributed by atoms with Gasteiger partial charge in [0, 0.05) is 23.9 Å². The molecule has 0 aliphatic carbocycles. The molecule has 2 N–H and O–H groups in total. The number of carbonyl (C=O) groups is 4. The monoisotopic (exact) mass is 1020 g/mol. The fourth-order valence-electron chi connectivity index (χ4n) is 6.76. The summed E-state index contributed by atoms with van der Waals surface area (Å²) in [6.45, 7) is 34.3. The number of hydrogen-bond donors (Lipinski definition) is 2. The number of carboxylic acid groups (broad SMARTS) is 2. The molecule has 0 radical (unpaired) electrons. The summed E-state index contributed by atoms with van der Waals surface area (Å²) in [6, 6.07) is 0. The zero-order valence-electron chi connectivity index (χ0n) is 45.0. The van der Waals surface area contributed by atoms with Crippen molar-refractivity contribution in [3.05, 3.63) is 0 Å². The van der Waals surface area contributed by atoms with Crippen molar-refractivity contribution < 1.29 is 85.2 Å². The maximum absolute atomic E-state index is 14.4. The Morgan fingerprint density at radius 2 is 0.706 bits per heavy atom. The number of nitrogens with zero attached hydrogens (tertiary/aromatic N) is 2. The summed E-state index contributed by atoms with van der Waals surface area (Å²) < 4.78 is 74.1. The molecular weight excluding hydrogens is 930 g/mol. The molecule has 0 aliphatic rings. The van der Waals surface area contributed by atoms with Gasteiger partial charge in [-0.05, 0) is 108 Å². The van der Waals surface area contributed by atoms with E-state index in [9.17, 15) is 38.5 Å². The SMILES string of the molecule is CCOP(=O)(OCC)C(N(OC(CC(C)(C)C(=O)O)C(=O)OCCOCCOCCOC(=O)C(CC(C)(C)C(=O)O)ON(C(C(C)(C)C)P(=O)(OCC)OCC)C(C)(C)C)C(C)(C)C)C(C)(C)C. The molecule has 0 saturated heterocycles. The molecule has 0 spiro atoms. The average Bonchev–Trinajstić information content (AvgIpc) is 3.15. The maximum Gasteiger partial charge on any atom is 0.350 e.